The molecule has 6 nitrogen and oxygen atoms in total. The van der Waals surface area contributed by atoms with Crippen LogP contribution in [0.4, 0.5) is 5.69 Å². The third kappa shape index (κ3) is 3.86. The molecule has 1 aromatic heterocycles. The van der Waals surface area contributed by atoms with Crippen molar-refractivity contribution in [2.45, 2.75) is 31.7 Å². The summed E-state index contributed by atoms with van der Waals surface area (Å²) in [5, 5.41) is 9.00. The zero-order valence-corrected chi connectivity index (χ0v) is 15.3. The molecule has 25 heavy (non-hydrogen) atoms. The van der Waals surface area contributed by atoms with Crippen LogP contribution in [0.25, 0.3) is 0 Å². The van der Waals surface area contributed by atoms with Crippen molar-refractivity contribution >= 4 is 21.4 Å². The standard InChI is InChI=1S/C18H19N3O3S/c1-12(2)21(16-7-5-6-8-17(16)25(4,23)24)18(22)15-10-9-14(11-19)13(3)20-15/h5-10,12H,1-4H3. The Hall–Kier alpha value is -2.72. The molecule has 0 aliphatic heterocycles. The number of para-hydroxylation sites is 1. The number of nitriles is 1. The number of aryl methyl sites for hydroxylation is 1. The van der Waals surface area contributed by atoms with Crippen molar-refractivity contribution in [3.05, 3.63) is 53.3 Å². The second-order valence-corrected chi connectivity index (χ2v) is 7.93. The SMILES string of the molecule is Cc1nc(C(=O)N(c2ccccc2S(C)(=O)=O)C(C)C)ccc1C#N. The molecule has 0 saturated heterocycles. The summed E-state index contributed by atoms with van der Waals surface area (Å²) in [6, 6.07) is 11.1. The fourth-order valence-electron chi connectivity index (χ4n) is 2.51. The Morgan fingerprint density at radius 1 is 1.20 bits per heavy atom. The molecule has 0 bridgehead atoms. The van der Waals surface area contributed by atoms with Crippen LogP contribution >= 0.6 is 0 Å². The normalized spacial score (nSPS) is 11.2. The van der Waals surface area contributed by atoms with Crippen LogP contribution in [0, 0.1) is 18.3 Å². The smallest absolute Gasteiger partial charge is 0.277 e. The van der Waals surface area contributed by atoms with Crippen LogP contribution in [0.2, 0.25) is 0 Å². The van der Waals surface area contributed by atoms with Crippen molar-refractivity contribution in [3.63, 3.8) is 0 Å². The van der Waals surface area contributed by atoms with E-state index in [1.807, 2.05) is 6.07 Å². The van der Waals surface area contributed by atoms with Crippen LogP contribution in [-0.2, 0) is 9.84 Å². The van der Waals surface area contributed by atoms with Gasteiger partial charge in [0.05, 0.1) is 21.8 Å². The van der Waals surface area contributed by atoms with Crippen LogP contribution in [-0.4, -0.2) is 31.6 Å². The molecule has 2 aromatic rings. The molecular formula is C18H19N3O3S. The van der Waals surface area contributed by atoms with Crippen LogP contribution in [0.1, 0.15) is 35.6 Å². The number of sulfone groups is 1. The van der Waals surface area contributed by atoms with Gasteiger partial charge in [-0.3, -0.25) is 4.79 Å². The van der Waals surface area contributed by atoms with E-state index in [0.29, 0.717) is 16.9 Å². The monoisotopic (exact) mass is 357 g/mol. The first kappa shape index (κ1) is 18.6. The van der Waals surface area contributed by atoms with E-state index in [0.717, 1.165) is 6.26 Å². The van der Waals surface area contributed by atoms with Crippen LogP contribution < -0.4 is 4.90 Å². The number of hydrogen-bond donors (Lipinski definition) is 0. The van der Waals surface area contributed by atoms with E-state index in [-0.39, 0.29) is 16.6 Å². The van der Waals surface area contributed by atoms with E-state index in [1.54, 1.807) is 39.0 Å². The molecule has 2 rings (SSSR count). The Kier molecular flexibility index (Phi) is 5.24. The highest BCUT2D eigenvalue weighted by atomic mass is 32.2. The van der Waals surface area contributed by atoms with Crippen LogP contribution in [0.3, 0.4) is 0 Å². The lowest BCUT2D eigenvalue weighted by atomic mass is 10.1. The number of anilines is 1. The van der Waals surface area contributed by atoms with Gasteiger partial charge in [-0.2, -0.15) is 5.26 Å². The summed E-state index contributed by atoms with van der Waals surface area (Å²) < 4.78 is 24.2. The van der Waals surface area contributed by atoms with Gasteiger partial charge < -0.3 is 4.90 Å². The first-order chi connectivity index (χ1) is 11.7. The number of carbonyl (C=O) groups excluding carboxylic acids is 1. The maximum Gasteiger partial charge on any atom is 0.277 e. The van der Waals surface area contributed by atoms with E-state index in [9.17, 15) is 13.2 Å². The van der Waals surface area contributed by atoms with Gasteiger partial charge in [-0.1, -0.05) is 12.1 Å². The molecule has 0 N–H and O–H groups in total. The van der Waals surface area contributed by atoms with Crippen molar-refractivity contribution in [1.82, 2.24) is 4.98 Å². The van der Waals surface area contributed by atoms with Crippen molar-refractivity contribution in [2.24, 2.45) is 0 Å². The van der Waals surface area contributed by atoms with Gasteiger partial charge in [-0.05, 0) is 45.0 Å². The van der Waals surface area contributed by atoms with Crippen molar-refractivity contribution in [2.75, 3.05) is 11.2 Å². The molecule has 0 atom stereocenters. The highest BCUT2D eigenvalue weighted by Crippen LogP contribution is 2.28. The highest BCUT2D eigenvalue weighted by molar-refractivity contribution is 7.90. The quantitative estimate of drug-likeness (QED) is 0.839. The van der Waals surface area contributed by atoms with Gasteiger partial charge in [0.25, 0.3) is 5.91 Å². The van der Waals surface area contributed by atoms with Gasteiger partial charge >= 0.3 is 0 Å². The lowest BCUT2D eigenvalue weighted by molar-refractivity contribution is 0.0974. The lowest BCUT2D eigenvalue weighted by Gasteiger charge is -2.28. The van der Waals surface area contributed by atoms with Gasteiger partial charge in [-0.25, -0.2) is 13.4 Å². The number of benzene rings is 1. The van der Waals surface area contributed by atoms with Crippen molar-refractivity contribution < 1.29 is 13.2 Å². The Morgan fingerprint density at radius 2 is 1.84 bits per heavy atom. The molecule has 0 aliphatic rings. The number of amides is 1. The summed E-state index contributed by atoms with van der Waals surface area (Å²) in [7, 11) is -3.50. The zero-order valence-electron chi connectivity index (χ0n) is 14.5. The summed E-state index contributed by atoms with van der Waals surface area (Å²) in [5.41, 5.74) is 1.32. The molecule has 7 heteroatoms. The first-order valence-corrected chi connectivity index (χ1v) is 9.56. The molecule has 1 aromatic carbocycles. The Balaban J connectivity index is 2.59. The Bertz CT molecular complexity index is 960. The maximum absolute atomic E-state index is 13.0. The fourth-order valence-corrected chi connectivity index (χ4v) is 3.39. The second-order valence-electron chi connectivity index (χ2n) is 5.95. The average molecular weight is 357 g/mol. The van der Waals surface area contributed by atoms with Gasteiger partial charge in [0, 0.05) is 12.3 Å². The molecule has 130 valence electrons. The molecule has 0 aliphatic carbocycles. The lowest BCUT2D eigenvalue weighted by Crippen LogP contribution is -2.38. The third-order valence-corrected chi connectivity index (χ3v) is 4.83. The predicted molar refractivity (Wildman–Crippen MR) is 95.2 cm³/mol. The number of nitrogens with zero attached hydrogens (tertiary/aromatic N) is 3. The molecule has 0 unspecified atom stereocenters. The largest absolute Gasteiger partial charge is 0.303 e. The topological polar surface area (TPSA) is 91.1 Å². The number of hydrogen-bond acceptors (Lipinski definition) is 5. The summed E-state index contributed by atoms with van der Waals surface area (Å²) in [4.78, 5) is 18.7. The molecule has 0 spiro atoms. The predicted octanol–water partition coefficient (Wildman–Crippen LogP) is 2.72. The van der Waals surface area contributed by atoms with Crippen molar-refractivity contribution in [3.8, 4) is 6.07 Å². The molecule has 0 fully saturated rings. The Morgan fingerprint density at radius 3 is 2.36 bits per heavy atom. The first-order valence-electron chi connectivity index (χ1n) is 7.67. The minimum Gasteiger partial charge on any atom is -0.303 e. The fraction of sp³-hybridized carbons (Fsp3) is 0.278. The van der Waals surface area contributed by atoms with Gasteiger partial charge in [0.1, 0.15) is 11.8 Å². The molecule has 1 heterocycles. The highest BCUT2D eigenvalue weighted by Gasteiger charge is 2.27. The average Bonchev–Trinajstić information content (AvgIpc) is 2.54. The van der Waals surface area contributed by atoms with E-state index < -0.39 is 15.7 Å². The maximum atomic E-state index is 13.0. The minimum absolute atomic E-state index is 0.0856. The number of aromatic nitrogens is 1. The summed E-state index contributed by atoms with van der Waals surface area (Å²) in [6.07, 6.45) is 1.11. The summed E-state index contributed by atoms with van der Waals surface area (Å²) >= 11 is 0. The number of rotatable bonds is 4. The van der Waals surface area contributed by atoms with Crippen LogP contribution in [0.5, 0.6) is 0 Å². The zero-order chi connectivity index (χ0) is 18.8. The molecular weight excluding hydrogens is 338 g/mol. The number of carbonyl (C=O) groups is 1. The van der Waals surface area contributed by atoms with Gasteiger partial charge in [0.2, 0.25) is 0 Å². The van der Waals surface area contributed by atoms with Crippen LogP contribution in [0.15, 0.2) is 41.3 Å². The van der Waals surface area contributed by atoms with E-state index in [2.05, 4.69) is 4.98 Å². The van der Waals surface area contributed by atoms with Crippen molar-refractivity contribution in [1.29, 1.82) is 5.26 Å². The second kappa shape index (κ2) is 7.03. The van der Waals surface area contributed by atoms with Gasteiger partial charge in [-0.15, -0.1) is 0 Å². The molecule has 0 saturated carbocycles. The summed E-state index contributed by atoms with van der Waals surface area (Å²) in [6.45, 7) is 5.25. The van der Waals surface area contributed by atoms with E-state index in [1.165, 1.54) is 23.1 Å². The van der Waals surface area contributed by atoms with Gasteiger partial charge in [0.15, 0.2) is 9.84 Å². The summed E-state index contributed by atoms with van der Waals surface area (Å²) in [5.74, 6) is -0.418. The molecule has 0 radical (unpaired) electrons. The number of pyridine rings is 1. The van der Waals surface area contributed by atoms with E-state index in [4.69, 9.17) is 5.26 Å². The minimum atomic E-state index is -3.50. The third-order valence-electron chi connectivity index (χ3n) is 3.68. The Labute approximate surface area is 147 Å². The molecule has 1 amide bonds. The van der Waals surface area contributed by atoms with E-state index >= 15 is 0 Å².